The number of halogens is 2. The van der Waals surface area contributed by atoms with Gasteiger partial charge >= 0.3 is 6.03 Å². The van der Waals surface area contributed by atoms with E-state index in [-0.39, 0.29) is 29.8 Å². The third-order valence-corrected chi connectivity index (χ3v) is 7.14. The number of carbonyl (C=O) groups is 1. The Labute approximate surface area is 233 Å². The molecule has 1 aliphatic carbocycles. The molecular formula is C28H39F2N7O3. The fraction of sp³-hybridized carbons (Fsp3) is 0.571. The number of H-pyrrole nitrogens is 1. The molecule has 218 valence electrons. The first-order valence-corrected chi connectivity index (χ1v) is 13.9. The summed E-state index contributed by atoms with van der Waals surface area (Å²) in [5, 5.41) is 6.86. The fourth-order valence-electron chi connectivity index (χ4n) is 4.94. The lowest BCUT2D eigenvalue weighted by molar-refractivity contribution is 0.0685. The van der Waals surface area contributed by atoms with Crippen LogP contribution >= 0.6 is 0 Å². The number of hydrogen-bond acceptors (Lipinski definition) is 7. The van der Waals surface area contributed by atoms with Gasteiger partial charge in [0.2, 0.25) is 0 Å². The number of rotatable bonds is 14. The molecule has 12 heteroatoms. The molecule has 0 saturated heterocycles. The van der Waals surface area contributed by atoms with Crippen molar-refractivity contribution in [2.45, 2.75) is 63.5 Å². The minimum absolute atomic E-state index is 0.0162. The molecule has 2 amide bonds. The number of pyridine rings is 1. The van der Waals surface area contributed by atoms with Crippen LogP contribution in [0.4, 0.5) is 19.4 Å². The predicted molar refractivity (Wildman–Crippen MR) is 149 cm³/mol. The number of ether oxygens (including phenoxy) is 2. The van der Waals surface area contributed by atoms with Crippen LogP contribution in [-0.2, 0) is 9.47 Å². The first kappa shape index (κ1) is 29.6. The molecule has 0 aromatic carbocycles. The number of nitrogens with one attached hydrogen (secondary N) is 3. The number of methoxy groups -OCH3 is 1. The van der Waals surface area contributed by atoms with E-state index in [1.54, 1.807) is 18.2 Å². The zero-order valence-corrected chi connectivity index (χ0v) is 23.2. The maximum Gasteiger partial charge on any atom is 0.317 e. The van der Waals surface area contributed by atoms with E-state index in [0.717, 1.165) is 63.9 Å². The number of hydrogen-bond donors (Lipinski definition) is 3. The van der Waals surface area contributed by atoms with Gasteiger partial charge in [-0.15, -0.1) is 0 Å². The Hall–Kier alpha value is -3.38. The monoisotopic (exact) mass is 559 g/mol. The number of anilines is 1. The number of amides is 2. The van der Waals surface area contributed by atoms with Crippen LogP contribution in [0.15, 0.2) is 24.7 Å². The van der Waals surface area contributed by atoms with Gasteiger partial charge < -0.3 is 30.0 Å². The quantitative estimate of drug-likeness (QED) is 0.241. The molecule has 0 spiro atoms. The minimum Gasteiger partial charge on any atom is -0.382 e. The van der Waals surface area contributed by atoms with Crippen molar-refractivity contribution in [1.82, 2.24) is 30.2 Å². The molecule has 40 heavy (non-hydrogen) atoms. The van der Waals surface area contributed by atoms with Gasteiger partial charge in [0.1, 0.15) is 11.5 Å². The normalized spacial score (nSPS) is 17.2. The number of urea groups is 1. The predicted octanol–water partition coefficient (Wildman–Crippen LogP) is 4.89. The van der Waals surface area contributed by atoms with Crippen molar-refractivity contribution in [3.63, 3.8) is 0 Å². The Morgan fingerprint density at radius 3 is 2.77 bits per heavy atom. The Bertz CT molecular complexity index is 1240. The number of aromatic nitrogens is 4. The van der Waals surface area contributed by atoms with Crippen LogP contribution in [-0.4, -0.2) is 83.5 Å². The summed E-state index contributed by atoms with van der Waals surface area (Å²) < 4.78 is 38.9. The average molecular weight is 560 g/mol. The Morgan fingerprint density at radius 1 is 1.10 bits per heavy atom. The first-order valence-electron chi connectivity index (χ1n) is 13.9. The van der Waals surface area contributed by atoms with Gasteiger partial charge in [0.25, 0.3) is 0 Å². The van der Waals surface area contributed by atoms with Crippen LogP contribution in [0.5, 0.6) is 0 Å². The molecule has 1 aliphatic rings. The van der Waals surface area contributed by atoms with Crippen LogP contribution in [0.1, 0.15) is 51.4 Å². The zero-order chi connectivity index (χ0) is 28.3. The third-order valence-electron chi connectivity index (χ3n) is 7.14. The molecular weight excluding hydrogens is 520 g/mol. The van der Waals surface area contributed by atoms with Gasteiger partial charge in [-0.2, -0.15) is 0 Å². The lowest BCUT2D eigenvalue weighted by Crippen LogP contribution is -2.47. The van der Waals surface area contributed by atoms with E-state index < -0.39 is 11.6 Å². The van der Waals surface area contributed by atoms with Gasteiger partial charge in [-0.25, -0.2) is 28.5 Å². The molecule has 3 aromatic heterocycles. The lowest BCUT2D eigenvalue weighted by atomic mass is 9.91. The zero-order valence-electron chi connectivity index (χ0n) is 23.2. The van der Waals surface area contributed by atoms with Crippen molar-refractivity contribution in [1.29, 1.82) is 0 Å². The van der Waals surface area contributed by atoms with Gasteiger partial charge in [0.15, 0.2) is 17.5 Å². The molecule has 0 radical (unpaired) electrons. The minimum atomic E-state index is -0.569. The highest BCUT2D eigenvalue weighted by atomic mass is 19.1. The van der Waals surface area contributed by atoms with Crippen LogP contribution < -0.4 is 10.6 Å². The molecule has 0 bridgehead atoms. The summed E-state index contributed by atoms with van der Waals surface area (Å²) in [5.41, 5.74) is 1.04. The number of nitrogens with zero attached hydrogens (tertiary/aromatic N) is 4. The van der Waals surface area contributed by atoms with Crippen molar-refractivity contribution in [3.8, 4) is 11.4 Å². The highest BCUT2D eigenvalue weighted by Crippen LogP contribution is 2.28. The summed E-state index contributed by atoms with van der Waals surface area (Å²) in [6.07, 6.45) is 11.2. The smallest absolute Gasteiger partial charge is 0.317 e. The molecule has 10 nitrogen and oxygen atoms in total. The van der Waals surface area contributed by atoms with Gasteiger partial charge in [-0.05, 0) is 44.6 Å². The first-order chi connectivity index (χ1) is 19.4. The lowest BCUT2D eigenvalue weighted by Gasteiger charge is -2.32. The van der Waals surface area contributed by atoms with Crippen molar-refractivity contribution in [2.24, 2.45) is 0 Å². The van der Waals surface area contributed by atoms with Gasteiger partial charge in [0.05, 0.1) is 25.6 Å². The Morgan fingerprint density at radius 2 is 1.93 bits per heavy atom. The van der Waals surface area contributed by atoms with E-state index in [4.69, 9.17) is 9.47 Å². The molecule has 2 atom stereocenters. The van der Waals surface area contributed by atoms with E-state index in [2.05, 4.69) is 30.6 Å². The molecule has 3 heterocycles. The van der Waals surface area contributed by atoms with Gasteiger partial charge in [0, 0.05) is 56.5 Å². The molecule has 3 aromatic rings. The van der Waals surface area contributed by atoms with Crippen LogP contribution in [0.2, 0.25) is 0 Å². The van der Waals surface area contributed by atoms with Crippen molar-refractivity contribution in [3.05, 3.63) is 36.3 Å². The number of aromatic amines is 1. The van der Waals surface area contributed by atoms with Crippen molar-refractivity contribution >= 4 is 22.9 Å². The Kier molecular flexibility index (Phi) is 11.0. The molecule has 3 N–H and O–H groups in total. The van der Waals surface area contributed by atoms with Crippen LogP contribution in [0.25, 0.3) is 22.4 Å². The van der Waals surface area contributed by atoms with E-state index in [0.29, 0.717) is 42.8 Å². The summed E-state index contributed by atoms with van der Waals surface area (Å²) in [6.45, 7) is 2.66. The number of carbonyl (C=O) groups excluding carboxylic acids is 1. The molecule has 1 fully saturated rings. The van der Waals surface area contributed by atoms with Gasteiger partial charge in [-0.1, -0.05) is 12.8 Å². The maximum absolute atomic E-state index is 14.7. The second kappa shape index (κ2) is 14.8. The summed E-state index contributed by atoms with van der Waals surface area (Å²) in [7, 11) is 3.47. The molecule has 0 unspecified atom stereocenters. The average Bonchev–Trinajstić information content (AvgIpc) is 3.36. The van der Waals surface area contributed by atoms with E-state index in [9.17, 15) is 13.6 Å². The maximum atomic E-state index is 14.7. The second-order valence-electron chi connectivity index (χ2n) is 10.2. The highest BCUT2D eigenvalue weighted by Gasteiger charge is 2.25. The topological polar surface area (TPSA) is 117 Å². The summed E-state index contributed by atoms with van der Waals surface area (Å²) in [5.74, 6) is -0.694. The summed E-state index contributed by atoms with van der Waals surface area (Å²) in [4.78, 5) is 30.0. The number of fused-ring (bicyclic) bond motifs is 1. The molecule has 1 saturated carbocycles. The van der Waals surface area contributed by atoms with Crippen molar-refractivity contribution in [2.75, 3.05) is 45.8 Å². The second-order valence-corrected chi connectivity index (χ2v) is 10.2. The Balaban J connectivity index is 1.24. The largest absolute Gasteiger partial charge is 0.382 e. The number of unbranched alkanes of at least 4 members (excludes halogenated alkanes) is 3. The summed E-state index contributed by atoms with van der Waals surface area (Å²) in [6, 6.07) is 1.18. The van der Waals surface area contributed by atoms with Crippen LogP contribution in [0.3, 0.4) is 0 Å². The molecule has 4 rings (SSSR count). The van der Waals surface area contributed by atoms with E-state index >= 15 is 0 Å². The summed E-state index contributed by atoms with van der Waals surface area (Å²) >= 11 is 0. The third kappa shape index (κ3) is 8.31. The van der Waals surface area contributed by atoms with Crippen molar-refractivity contribution < 1.29 is 23.0 Å². The van der Waals surface area contributed by atoms with E-state index in [1.807, 2.05) is 7.05 Å². The standard InChI is InChI=1S/C28H39F2N7O3/c1-37(10-5-3-4-6-11-40-13-12-39-2)28(38)35-21-9-7-8-20(15-21)34-27-24(30)18-33-26(36-27)23-17-32-25-22(23)14-19(29)16-31-25/h14,16-18,20-21H,3-13,15H2,1-2H3,(H,31,32)(H,35,38)(H,33,34,36)/t20-,21+/m1/s1. The SMILES string of the molecule is COCCOCCCCCCN(C)C(=O)N[C@H]1CCC[C@@H](Nc2nc(-c3c[nH]c4ncc(F)cc34)ncc2F)C1. The molecule has 0 aliphatic heterocycles. The fourth-order valence-corrected chi connectivity index (χ4v) is 4.94. The van der Waals surface area contributed by atoms with Gasteiger partial charge in [-0.3, -0.25) is 0 Å². The van der Waals surface area contributed by atoms with E-state index in [1.165, 1.54) is 6.07 Å². The van der Waals surface area contributed by atoms with Crippen LogP contribution in [0, 0.1) is 11.6 Å². The highest BCUT2D eigenvalue weighted by molar-refractivity contribution is 5.91.